The van der Waals surface area contributed by atoms with Crippen LogP contribution in [0.4, 0.5) is 0 Å². The van der Waals surface area contributed by atoms with E-state index in [0.717, 1.165) is 16.6 Å². The van der Waals surface area contributed by atoms with Crippen LogP contribution >= 0.6 is 15.9 Å². The van der Waals surface area contributed by atoms with Crippen molar-refractivity contribution in [2.24, 2.45) is 0 Å². The Kier molecular flexibility index (Phi) is 3.21. The van der Waals surface area contributed by atoms with E-state index in [-0.39, 0.29) is 0 Å². The number of H-pyrrole nitrogens is 1. The smallest absolute Gasteiger partial charge is 0.0792 e. The Morgan fingerprint density at radius 2 is 2.00 bits per heavy atom. The summed E-state index contributed by atoms with van der Waals surface area (Å²) in [5.74, 6) is 0. The lowest BCUT2D eigenvalue weighted by molar-refractivity contribution is 0.922. The zero-order valence-corrected chi connectivity index (χ0v) is 10.2. The monoisotopic (exact) mass is 264 g/mol. The van der Waals surface area contributed by atoms with Crippen molar-refractivity contribution < 1.29 is 0 Å². The Labute approximate surface area is 97.8 Å². The van der Waals surface area contributed by atoms with Gasteiger partial charge in [-0.05, 0) is 27.9 Å². The molecule has 0 saturated carbocycles. The number of benzene rings is 1. The van der Waals surface area contributed by atoms with Crippen LogP contribution in [0, 0.1) is 0 Å². The second-order valence-corrected chi connectivity index (χ2v) is 4.39. The van der Waals surface area contributed by atoms with Gasteiger partial charge in [0, 0.05) is 5.56 Å². The van der Waals surface area contributed by atoms with Gasteiger partial charge in [-0.25, -0.2) is 0 Å². The highest BCUT2D eigenvalue weighted by Gasteiger charge is 2.04. The molecule has 1 aromatic heterocycles. The molecule has 0 unspecified atom stereocenters. The van der Waals surface area contributed by atoms with E-state index in [1.54, 1.807) is 6.20 Å². The predicted octanol–water partition coefficient (Wildman–Crippen LogP) is 3.79. The predicted molar refractivity (Wildman–Crippen MR) is 65.7 cm³/mol. The number of hydrogen-bond acceptors (Lipinski definition) is 1. The van der Waals surface area contributed by atoms with E-state index in [1.807, 2.05) is 0 Å². The van der Waals surface area contributed by atoms with Gasteiger partial charge in [0.15, 0.2) is 0 Å². The fourth-order valence-electron chi connectivity index (χ4n) is 1.60. The van der Waals surface area contributed by atoms with Crippen molar-refractivity contribution in [3.05, 3.63) is 40.5 Å². The number of hydrogen-bond donors (Lipinski definition) is 1. The molecular formula is C12H13BrN2. The number of aryl methyl sites for hydroxylation is 1. The minimum absolute atomic E-state index is 1.01. The molecular weight excluding hydrogens is 252 g/mol. The molecule has 2 rings (SSSR count). The molecule has 0 saturated heterocycles. The first-order valence-corrected chi connectivity index (χ1v) is 5.88. The van der Waals surface area contributed by atoms with Gasteiger partial charge in [0.1, 0.15) is 0 Å². The van der Waals surface area contributed by atoms with Crippen molar-refractivity contribution in [3.8, 4) is 11.3 Å². The maximum Gasteiger partial charge on any atom is 0.0792 e. The van der Waals surface area contributed by atoms with Crippen molar-refractivity contribution >= 4 is 15.9 Å². The number of rotatable bonds is 3. The van der Waals surface area contributed by atoms with Gasteiger partial charge < -0.3 is 0 Å². The molecule has 0 radical (unpaired) electrons. The highest BCUT2D eigenvalue weighted by Crippen LogP contribution is 2.25. The van der Waals surface area contributed by atoms with E-state index in [4.69, 9.17) is 0 Å². The molecule has 1 aromatic carbocycles. The number of aromatic amines is 1. The Morgan fingerprint density at radius 3 is 2.53 bits per heavy atom. The van der Waals surface area contributed by atoms with Crippen LogP contribution < -0.4 is 0 Å². The highest BCUT2D eigenvalue weighted by molar-refractivity contribution is 9.10. The van der Waals surface area contributed by atoms with Crippen LogP contribution in [-0.4, -0.2) is 10.2 Å². The number of nitrogens with one attached hydrogen (secondary N) is 1. The van der Waals surface area contributed by atoms with Gasteiger partial charge in [-0.3, -0.25) is 5.10 Å². The number of halogens is 1. The molecule has 2 aromatic rings. The van der Waals surface area contributed by atoms with Gasteiger partial charge in [-0.2, -0.15) is 5.10 Å². The van der Waals surface area contributed by atoms with Crippen LogP contribution in [-0.2, 0) is 6.42 Å². The lowest BCUT2D eigenvalue weighted by Gasteiger charge is -2.01. The second-order valence-electron chi connectivity index (χ2n) is 3.54. The Morgan fingerprint density at radius 1 is 1.27 bits per heavy atom. The van der Waals surface area contributed by atoms with Gasteiger partial charge >= 0.3 is 0 Å². The van der Waals surface area contributed by atoms with Crippen LogP contribution in [0.5, 0.6) is 0 Å². The molecule has 1 N–H and O–H groups in total. The molecule has 1 heterocycles. The van der Waals surface area contributed by atoms with Crippen molar-refractivity contribution in [3.63, 3.8) is 0 Å². The first kappa shape index (κ1) is 10.4. The first-order valence-electron chi connectivity index (χ1n) is 5.09. The summed E-state index contributed by atoms with van der Waals surface area (Å²) in [6.07, 6.45) is 4.10. The summed E-state index contributed by atoms with van der Waals surface area (Å²) in [7, 11) is 0. The molecule has 0 aliphatic carbocycles. The van der Waals surface area contributed by atoms with Crippen LogP contribution in [0.25, 0.3) is 11.3 Å². The third-order valence-corrected chi connectivity index (χ3v) is 2.98. The van der Waals surface area contributed by atoms with E-state index in [2.05, 4.69) is 57.3 Å². The SMILES string of the molecule is CCCc1ccc(-c2[nH]ncc2Br)cc1. The topological polar surface area (TPSA) is 28.7 Å². The highest BCUT2D eigenvalue weighted by atomic mass is 79.9. The van der Waals surface area contributed by atoms with Gasteiger partial charge in [-0.1, -0.05) is 37.6 Å². The third kappa shape index (κ3) is 2.29. The van der Waals surface area contributed by atoms with E-state index < -0.39 is 0 Å². The summed E-state index contributed by atoms with van der Waals surface area (Å²) < 4.78 is 1.01. The third-order valence-electron chi connectivity index (χ3n) is 2.37. The molecule has 2 nitrogen and oxygen atoms in total. The first-order chi connectivity index (χ1) is 7.31. The van der Waals surface area contributed by atoms with E-state index in [9.17, 15) is 0 Å². The standard InChI is InChI=1S/C12H13BrN2/c1-2-3-9-4-6-10(7-5-9)12-11(13)8-14-15-12/h4-8H,2-3H2,1H3,(H,14,15). The molecule has 78 valence electrons. The zero-order chi connectivity index (χ0) is 10.7. The largest absolute Gasteiger partial charge is 0.277 e. The summed E-state index contributed by atoms with van der Waals surface area (Å²) in [5, 5.41) is 6.96. The summed E-state index contributed by atoms with van der Waals surface area (Å²) in [6, 6.07) is 8.60. The normalized spacial score (nSPS) is 10.5. The molecule has 0 aliphatic heterocycles. The minimum Gasteiger partial charge on any atom is -0.277 e. The molecule has 0 fully saturated rings. The average Bonchev–Trinajstić information content (AvgIpc) is 2.66. The van der Waals surface area contributed by atoms with Crippen molar-refractivity contribution in [1.82, 2.24) is 10.2 Å². The fraction of sp³-hybridized carbons (Fsp3) is 0.250. The van der Waals surface area contributed by atoms with Gasteiger partial charge in [-0.15, -0.1) is 0 Å². The lowest BCUT2D eigenvalue weighted by atomic mass is 10.1. The van der Waals surface area contributed by atoms with Crippen molar-refractivity contribution in [2.75, 3.05) is 0 Å². The van der Waals surface area contributed by atoms with Crippen molar-refractivity contribution in [2.45, 2.75) is 19.8 Å². The zero-order valence-electron chi connectivity index (χ0n) is 8.63. The molecule has 0 atom stereocenters. The van der Waals surface area contributed by atoms with Gasteiger partial charge in [0.05, 0.1) is 16.4 Å². The van der Waals surface area contributed by atoms with Crippen LogP contribution in [0.2, 0.25) is 0 Å². The Bertz CT molecular complexity index is 431. The summed E-state index contributed by atoms with van der Waals surface area (Å²) >= 11 is 3.46. The molecule has 0 aliphatic rings. The van der Waals surface area contributed by atoms with Gasteiger partial charge in [0.25, 0.3) is 0 Å². The van der Waals surface area contributed by atoms with E-state index in [0.29, 0.717) is 0 Å². The maximum atomic E-state index is 3.98. The molecule has 3 heteroatoms. The summed E-state index contributed by atoms with van der Waals surface area (Å²) in [4.78, 5) is 0. The van der Waals surface area contributed by atoms with E-state index in [1.165, 1.54) is 17.5 Å². The summed E-state index contributed by atoms with van der Waals surface area (Å²) in [5.41, 5.74) is 3.59. The van der Waals surface area contributed by atoms with Crippen LogP contribution in [0.1, 0.15) is 18.9 Å². The average molecular weight is 265 g/mol. The quantitative estimate of drug-likeness (QED) is 0.898. The minimum atomic E-state index is 1.01. The molecule has 0 amide bonds. The second kappa shape index (κ2) is 4.62. The van der Waals surface area contributed by atoms with Crippen molar-refractivity contribution in [1.29, 1.82) is 0 Å². The van der Waals surface area contributed by atoms with E-state index >= 15 is 0 Å². The summed E-state index contributed by atoms with van der Waals surface area (Å²) in [6.45, 7) is 2.19. The number of aromatic nitrogens is 2. The number of nitrogens with zero attached hydrogens (tertiary/aromatic N) is 1. The Balaban J connectivity index is 2.28. The lowest BCUT2D eigenvalue weighted by Crippen LogP contribution is -1.84. The molecule has 15 heavy (non-hydrogen) atoms. The van der Waals surface area contributed by atoms with Crippen LogP contribution in [0.15, 0.2) is 34.9 Å². The molecule has 0 spiro atoms. The maximum absolute atomic E-state index is 3.98. The Hall–Kier alpha value is -1.09. The molecule has 0 bridgehead atoms. The van der Waals surface area contributed by atoms with Gasteiger partial charge in [0.2, 0.25) is 0 Å². The van der Waals surface area contributed by atoms with Crippen LogP contribution in [0.3, 0.4) is 0 Å². The fourth-order valence-corrected chi connectivity index (χ4v) is 2.02.